The van der Waals surface area contributed by atoms with Gasteiger partial charge < -0.3 is 20.1 Å². The SMILES string of the molecule is C#Cc1cccc(NC(=O)N(CCO)CCOCC(F)(F)F)c1. The molecule has 0 aliphatic rings. The zero-order chi connectivity index (χ0) is 17.3. The number of alkyl halides is 3. The van der Waals surface area contributed by atoms with Crippen molar-refractivity contribution in [3.05, 3.63) is 29.8 Å². The van der Waals surface area contributed by atoms with E-state index in [1.165, 1.54) is 0 Å². The third-order valence-corrected chi connectivity index (χ3v) is 2.71. The zero-order valence-corrected chi connectivity index (χ0v) is 12.3. The second kappa shape index (κ2) is 9.02. The number of terminal acetylenes is 1. The summed E-state index contributed by atoms with van der Waals surface area (Å²) in [6, 6.07) is 5.98. The van der Waals surface area contributed by atoms with Gasteiger partial charge in [0.15, 0.2) is 0 Å². The van der Waals surface area contributed by atoms with Gasteiger partial charge in [-0.3, -0.25) is 0 Å². The van der Waals surface area contributed by atoms with Crippen LogP contribution in [-0.4, -0.2) is 55.1 Å². The summed E-state index contributed by atoms with van der Waals surface area (Å²) in [6.45, 7) is -2.12. The average Bonchev–Trinajstić information content (AvgIpc) is 2.49. The summed E-state index contributed by atoms with van der Waals surface area (Å²) in [7, 11) is 0. The van der Waals surface area contributed by atoms with Gasteiger partial charge in [-0.25, -0.2) is 4.79 Å². The number of aliphatic hydroxyl groups excluding tert-OH is 1. The van der Waals surface area contributed by atoms with Crippen molar-refractivity contribution in [1.82, 2.24) is 4.90 Å². The number of nitrogens with zero attached hydrogens (tertiary/aromatic N) is 1. The lowest BCUT2D eigenvalue weighted by Crippen LogP contribution is -2.39. The minimum absolute atomic E-state index is 0.0317. The third kappa shape index (κ3) is 7.54. The molecule has 0 unspecified atom stereocenters. The summed E-state index contributed by atoms with van der Waals surface area (Å²) >= 11 is 0. The molecule has 2 amide bonds. The van der Waals surface area contributed by atoms with Gasteiger partial charge in [0, 0.05) is 24.3 Å². The fourth-order valence-electron chi connectivity index (χ4n) is 1.69. The van der Waals surface area contributed by atoms with Crippen LogP contribution in [0.5, 0.6) is 0 Å². The Kier molecular flexibility index (Phi) is 7.38. The quantitative estimate of drug-likeness (QED) is 0.594. The Hall–Kier alpha value is -2.24. The van der Waals surface area contributed by atoms with Crippen LogP contribution in [0.3, 0.4) is 0 Å². The van der Waals surface area contributed by atoms with Gasteiger partial charge in [0.2, 0.25) is 0 Å². The molecule has 2 N–H and O–H groups in total. The van der Waals surface area contributed by atoms with Crippen molar-refractivity contribution in [3.8, 4) is 12.3 Å². The van der Waals surface area contributed by atoms with Crippen molar-refractivity contribution in [2.45, 2.75) is 6.18 Å². The number of ether oxygens (including phenoxy) is 1. The summed E-state index contributed by atoms with van der Waals surface area (Å²) in [6.07, 6.45) is 0.842. The van der Waals surface area contributed by atoms with Crippen molar-refractivity contribution in [2.75, 3.05) is 38.2 Å². The van der Waals surface area contributed by atoms with Gasteiger partial charge in [0.05, 0.1) is 13.2 Å². The Labute approximate surface area is 132 Å². The number of rotatable bonds is 7. The second-order valence-electron chi connectivity index (χ2n) is 4.53. The van der Waals surface area contributed by atoms with E-state index in [9.17, 15) is 18.0 Å². The maximum atomic E-state index is 12.1. The first-order valence-corrected chi connectivity index (χ1v) is 6.73. The van der Waals surface area contributed by atoms with Gasteiger partial charge in [0.1, 0.15) is 6.61 Å². The summed E-state index contributed by atoms with van der Waals surface area (Å²) in [5.74, 6) is 2.42. The minimum Gasteiger partial charge on any atom is -0.395 e. The van der Waals surface area contributed by atoms with Gasteiger partial charge in [-0.1, -0.05) is 12.0 Å². The van der Waals surface area contributed by atoms with Gasteiger partial charge in [0.25, 0.3) is 0 Å². The number of carbonyl (C=O) groups excluding carboxylic acids is 1. The topological polar surface area (TPSA) is 61.8 Å². The van der Waals surface area contributed by atoms with E-state index in [4.69, 9.17) is 11.5 Å². The predicted molar refractivity (Wildman–Crippen MR) is 78.9 cm³/mol. The smallest absolute Gasteiger partial charge is 0.395 e. The maximum Gasteiger partial charge on any atom is 0.411 e. The highest BCUT2D eigenvalue weighted by Gasteiger charge is 2.27. The van der Waals surface area contributed by atoms with Crippen LogP contribution in [0.25, 0.3) is 0 Å². The number of benzene rings is 1. The maximum absolute atomic E-state index is 12.1. The van der Waals surface area contributed by atoms with Gasteiger partial charge in [-0.15, -0.1) is 6.42 Å². The van der Waals surface area contributed by atoms with E-state index < -0.39 is 18.8 Å². The molecule has 0 atom stereocenters. The molecule has 0 heterocycles. The molecule has 0 radical (unpaired) electrons. The van der Waals surface area contributed by atoms with E-state index in [0.717, 1.165) is 4.90 Å². The van der Waals surface area contributed by atoms with Crippen molar-refractivity contribution in [2.24, 2.45) is 0 Å². The Morgan fingerprint density at radius 2 is 2.13 bits per heavy atom. The van der Waals surface area contributed by atoms with Crippen LogP contribution in [0.2, 0.25) is 0 Å². The van der Waals surface area contributed by atoms with Crippen molar-refractivity contribution >= 4 is 11.7 Å². The fourth-order valence-corrected chi connectivity index (χ4v) is 1.69. The first kappa shape index (κ1) is 18.8. The number of hydrogen-bond donors (Lipinski definition) is 2. The highest BCUT2D eigenvalue weighted by Crippen LogP contribution is 2.14. The van der Waals surface area contributed by atoms with E-state index in [1.807, 2.05) is 0 Å². The molecule has 5 nitrogen and oxygen atoms in total. The molecule has 0 saturated carbocycles. The van der Waals surface area contributed by atoms with Crippen molar-refractivity contribution < 1.29 is 27.8 Å². The molecule has 0 fully saturated rings. The Morgan fingerprint density at radius 3 is 2.74 bits per heavy atom. The monoisotopic (exact) mass is 330 g/mol. The van der Waals surface area contributed by atoms with Crippen LogP contribution < -0.4 is 5.32 Å². The van der Waals surface area contributed by atoms with Crippen LogP contribution in [-0.2, 0) is 4.74 Å². The van der Waals surface area contributed by atoms with Crippen LogP contribution >= 0.6 is 0 Å². The Balaban J connectivity index is 2.55. The summed E-state index contributed by atoms with van der Waals surface area (Å²) in [5, 5.41) is 11.5. The van der Waals surface area contributed by atoms with Crippen LogP contribution in [0, 0.1) is 12.3 Å². The highest BCUT2D eigenvalue weighted by atomic mass is 19.4. The number of aliphatic hydroxyl groups is 1. The van der Waals surface area contributed by atoms with Crippen LogP contribution in [0.4, 0.5) is 23.7 Å². The molecule has 0 spiro atoms. The Morgan fingerprint density at radius 1 is 1.39 bits per heavy atom. The third-order valence-electron chi connectivity index (χ3n) is 2.71. The molecule has 0 saturated heterocycles. The number of halogens is 3. The van der Waals surface area contributed by atoms with E-state index in [2.05, 4.69) is 16.0 Å². The average molecular weight is 330 g/mol. The molecule has 8 heteroatoms. The predicted octanol–water partition coefficient (Wildman–Crippen LogP) is 2.07. The molecule has 0 bridgehead atoms. The van der Waals surface area contributed by atoms with E-state index in [0.29, 0.717) is 11.3 Å². The number of urea groups is 1. The number of carbonyl (C=O) groups is 1. The van der Waals surface area contributed by atoms with Crippen molar-refractivity contribution in [3.63, 3.8) is 0 Å². The molecule has 1 aromatic carbocycles. The zero-order valence-electron chi connectivity index (χ0n) is 12.3. The fraction of sp³-hybridized carbons (Fsp3) is 0.400. The molecular weight excluding hydrogens is 313 g/mol. The largest absolute Gasteiger partial charge is 0.411 e. The summed E-state index contributed by atoms with van der Waals surface area (Å²) < 4.78 is 40.4. The first-order chi connectivity index (χ1) is 10.9. The lowest BCUT2D eigenvalue weighted by molar-refractivity contribution is -0.174. The standard InChI is InChI=1S/C15H17F3N2O3/c1-2-12-4-3-5-13(10-12)19-14(22)20(6-8-21)7-9-23-11-15(16,17)18/h1,3-5,10,21H,6-9,11H2,(H,19,22). The van der Waals surface area contributed by atoms with Gasteiger partial charge >= 0.3 is 12.2 Å². The molecule has 0 aliphatic carbocycles. The van der Waals surface area contributed by atoms with Gasteiger partial charge in [-0.2, -0.15) is 13.2 Å². The number of nitrogens with one attached hydrogen (secondary N) is 1. The Bertz CT molecular complexity index is 556. The van der Waals surface area contributed by atoms with E-state index in [-0.39, 0.29) is 26.3 Å². The van der Waals surface area contributed by atoms with E-state index in [1.54, 1.807) is 24.3 Å². The molecule has 1 rings (SSSR count). The van der Waals surface area contributed by atoms with E-state index >= 15 is 0 Å². The minimum atomic E-state index is -4.42. The normalized spacial score (nSPS) is 10.9. The first-order valence-electron chi connectivity index (χ1n) is 6.73. The van der Waals surface area contributed by atoms with Gasteiger partial charge in [-0.05, 0) is 18.2 Å². The number of hydrogen-bond acceptors (Lipinski definition) is 3. The lowest BCUT2D eigenvalue weighted by Gasteiger charge is -2.22. The van der Waals surface area contributed by atoms with Crippen LogP contribution in [0.1, 0.15) is 5.56 Å². The summed E-state index contributed by atoms with van der Waals surface area (Å²) in [4.78, 5) is 13.2. The second-order valence-corrected chi connectivity index (χ2v) is 4.53. The molecule has 0 aliphatic heterocycles. The lowest BCUT2D eigenvalue weighted by atomic mass is 10.2. The molecule has 23 heavy (non-hydrogen) atoms. The highest BCUT2D eigenvalue weighted by molar-refractivity contribution is 5.89. The molecular formula is C15H17F3N2O3. The number of amides is 2. The molecule has 126 valence electrons. The van der Waals surface area contributed by atoms with Crippen molar-refractivity contribution in [1.29, 1.82) is 0 Å². The molecule has 0 aromatic heterocycles. The number of anilines is 1. The summed E-state index contributed by atoms with van der Waals surface area (Å²) in [5.41, 5.74) is 1.02. The van der Waals surface area contributed by atoms with Crippen LogP contribution in [0.15, 0.2) is 24.3 Å². The molecule has 1 aromatic rings.